The van der Waals surface area contributed by atoms with Gasteiger partial charge in [0.15, 0.2) is 6.29 Å². The van der Waals surface area contributed by atoms with E-state index in [2.05, 4.69) is 22.9 Å². The summed E-state index contributed by atoms with van der Waals surface area (Å²) in [6.45, 7) is 7.10. The van der Waals surface area contributed by atoms with Crippen LogP contribution in [0.5, 0.6) is 0 Å². The number of piperazine rings is 1. The van der Waals surface area contributed by atoms with E-state index in [1.54, 1.807) is 11.5 Å². The van der Waals surface area contributed by atoms with Crippen LogP contribution in [0, 0.1) is 0 Å². The van der Waals surface area contributed by atoms with Gasteiger partial charge in [0.1, 0.15) is 5.60 Å². The molecule has 0 spiro atoms. The van der Waals surface area contributed by atoms with Crippen molar-refractivity contribution in [3.05, 3.63) is 62.9 Å². The first-order valence-corrected chi connectivity index (χ1v) is 12.0. The molecule has 2 N–H and O–H groups in total. The van der Waals surface area contributed by atoms with Crippen LogP contribution in [-0.2, 0) is 30.0 Å². The number of nitrogens with zero attached hydrogens (tertiary/aromatic N) is 4. The molecule has 0 radical (unpaired) electrons. The van der Waals surface area contributed by atoms with Crippen molar-refractivity contribution in [3.63, 3.8) is 0 Å². The molecular formula is C26H30N4O4. The molecule has 0 amide bonds. The average Bonchev–Trinajstić information content (AvgIpc) is 3.22. The third-order valence-electron chi connectivity index (χ3n) is 7.85. The van der Waals surface area contributed by atoms with E-state index in [-0.39, 0.29) is 18.6 Å². The van der Waals surface area contributed by atoms with Crippen LogP contribution in [0.1, 0.15) is 35.6 Å². The molecule has 2 unspecified atom stereocenters. The van der Waals surface area contributed by atoms with Gasteiger partial charge in [0.25, 0.3) is 5.56 Å². The molecular weight excluding hydrogens is 432 g/mol. The van der Waals surface area contributed by atoms with Crippen LogP contribution >= 0.6 is 0 Å². The van der Waals surface area contributed by atoms with Gasteiger partial charge in [0.2, 0.25) is 0 Å². The molecule has 34 heavy (non-hydrogen) atoms. The van der Waals surface area contributed by atoms with E-state index in [0.717, 1.165) is 54.9 Å². The highest BCUT2D eigenvalue weighted by atomic mass is 16.6. The van der Waals surface area contributed by atoms with E-state index >= 15 is 0 Å². The third kappa shape index (κ3) is 3.17. The summed E-state index contributed by atoms with van der Waals surface area (Å²) in [5.74, 6) is 0. The summed E-state index contributed by atoms with van der Waals surface area (Å²) in [7, 11) is 2.15. The van der Waals surface area contributed by atoms with Crippen LogP contribution in [-0.4, -0.2) is 69.1 Å². The molecule has 3 aliphatic heterocycles. The van der Waals surface area contributed by atoms with Gasteiger partial charge in [-0.15, -0.1) is 0 Å². The number of aliphatic hydroxyl groups excluding tert-OH is 1. The Bertz CT molecular complexity index is 1340. The van der Waals surface area contributed by atoms with Crippen molar-refractivity contribution in [3.8, 4) is 11.4 Å². The fraction of sp³-hybridized carbons (Fsp3) is 0.462. The number of hydrogen-bond donors (Lipinski definition) is 2. The number of aromatic nitrogens is 2. The second-order valence-corrected chi connectivity index (χ2v) is 9.77. The Hall–Kier alpha value is -2.62. The van der Waals surface area contributed by atoms with Crippen molar-refractivity contribution in [2.45, 2.75) is 44.9 Å². The molecule has 8 heteroatoms. The van der Waals surface area contributed by atoms with Crippen LogP contribution in [0.2, 0.25) is 0 Å². The van der Waals surface area contributed by atoms with Crippen LogP contribution < -0.4 is 5.56 Å². The molecule has 6 rings (SSSR count). The molecule has 0 aliphatic carbocycles. The standard InChI is InChI=1S/C26H30N4O4/c1-3-26(33)20-12-22-23-18(14-30(22)24(31)19(20)15-34-25(26)32)17(13-29-10-8-28(2)9-11-29)16-6-4-5-7-21(16)27-23/h4-7,12,25,32-33H,3,8-11,13-15H2,1-2H3. The Morgan fingerprint density at radius 3 is 2.71 bits per heavy atom. The summed E-state index contributed by atoms with van der Waals surface area (Å²) in [5.41, 5.74) is 3.74. The third-order valence-corrected chi connectivity index (χ3v) is 7.85. The summed E-state index contributed by atoms with van der Waals surface area (Å²) in [6.07, 6.45) is -1.14. The van der Waals surface area contributed by atoms with Crippen LogP contribution in [0.15, 0.2) is 35.1 Å². The van der Waals surface area contributed by atoms with Crippen molar-refractivity contribution in [1.29, 1.82) is 0 Å². The van der Waals surface area contributed by atoms with Crippen molar-refractivity contribution in [1.82, 2.24) is 19.4 Å². The second kappa shape index (κ2) is 7.96. The summed E-state index contributed by atoms with van der Waals surface area (Å²) in [5, 5.41) is 22.7. The minimum absolute atomic E-state index is 0.0160. The lowest BCUT2D eigenvalue weighted by atomic mass is 9.85. The maximum atomic E-state index is 13.6. The highest BCUT2D eigenvalue weighted by Gasteiger charge is 2.44. The lowest BCUT2D eigenvalue weighted by molar-refractivity contribution is -0.236. The van der Waals surface area contributed by atoms with E-state index in [0.29, 0.717) is 23.4 Å². The molecule has 1 saturated heterocycles. The molecule has 1 fully saturated rings. The number of ether oxygens (including phenoxy) is 1. The van der Waals surface area contributed by atoms with Gasteiger partial charge in [-0.25, -0.2) is 4.98 Å². The zero-order valence-corrected chi connectivity index (χ0v) is 19.6. The first-order chi connectivity index (χ1) is 16.4. The second-order valence-electron chi connectivity index (χ2n) is 9.77. The highest BCUT2D eigenvalue weighted by molar-refractivity contribution is 5.88. The molecule has 0 saturated carbocycles. The molecule has 5 heterocycles. The Balaban J connectivity index is 1.53. The molecule has 2 aromatic heterocycles. The number of aliphatic hydroxyl groups is 2. The minimum Gasteiger partial charge on any atom is -0.380 e. The first-order valence-electron chi connectivity index (χ1n) is 12.0. The summed E-state index contributed by atoms with van der Waals surface area (Å²) >= 11 is 0. The molecule has 0 bridgehead atoms. The van der Waals surface area contributed by atoms with Crippen molar-refractivity contribution in [2.75, 3.05) is 33.2 Å². The predicted molar refractivity (Wildman–Crippen MR) is 128 cm³/mol. The van der Waals surface area contributed by atoms with Gasteiger partial charge < -0.3 is 24.4 Å². The number of benzene rings is 1. The van der Waals surface area contributed by atoms with Gasteiger partial charge in [-0.2, -0.15) is 0 Å². The molecule has 2 atom stereocenters. The van der Waals surface area contributed by atoms with Gasteiger partial charge in [-0.3, -0.25) is 9.69 Å². The quantitative estimate of drug-likeness (QED) is 0.478. The van der Waals surface area contributed by atoms with Crippen molar-refractivity contribution < 1.29 is 14.9 Å². The zero-order chi connectivity index (χ0) is 23.6. The van der Waals surface area contributed by atoms with E-state index in [1.807, 2.05) is 24.3 Å². The van der Waals surface area contributed by atoms with Crippen molar-refractivity contribution in [2.24, 2.45) is 0 Å². The van der Waals surface area contributed by atoms with E-state index < -0.39 is 11.9 Å². The number of likely N-dealkylation sites (N-methyl/N-ethyl adjacent to an activating group) is 1. The summed E-state index contributed by atoms with van der Waals surface area (Å²) in [6, 6.07) is 10.0. The Kier molecular flexibility index (Phi) is 5.13. The molecule has 178 valence electrons. The number of para-hydroxylation sites is 1. The number of fused-ring (bicyclic) bond motifs is 5. The lowest BCUT2D eigenvalue weighted by Crippen LogP contribution is -2.47. The van der Waals surface area contributed by atoms with Crippen molar-refractivity contribution >= 4 is 10.9 Å². The summed E-state index contributed by atoms with van der Waals surface area (Å²) < 4.78 is 7.14. The number of pyridine rings is 2. The fourth-order valence-corrected chi connectivity index (χ4v) is 5.64. The van der Waals surface area contributed by atoms with Crippen LogP contribution in [0.25, 0.3) is 22.3 Å². The maximum Gasteiger partial charge on any atom is 0.257 e. The van der Waals surface area contributed by atoms with Gasteiger partial charge in [0, 0.05) is 54.8 Å². The van der Waals surface area contributed by atoms with E-state index in [9.17, 15) is 15.0 Å². The van der Waals surface area contributed by atoms with E-state index in [4.69, 9.17) is 9.72 Å². The zero-order valence-electron chi connectivity index (χ0n) is 19.6. The normalized spacial score (nSPS) is 24.8. The molecule has 1 aromatic carbocycles. The largest absolute Gasteiger partial charge is 0.380 e. The Morgan fingerprint density at radius 1 is 1.18 bits per heavy atom. The fourth-order valence-electron chi connectivity index (χ4n) is 5.64. The molecule has 3 aliphatic rings. The van der Waals surface area contributed by atoms with Gasteiger partial charge in [-0.05, 0) is 31.2 Å². The smallest absolute Gasteiger partial charge is 0.257 e. The maximum absolute atomic E-state index is 13.6. The lowest BCUT2D eigenvalue weighted by Gasteiger charge is -2.37. The Morgan fingerprint density at radius 2 is 1.94 bits per heavy atom. The monoisotopic (exact) mass is 462 g/mol. The highest BCUT2D eigenvalue weighted by Crippen LogP contribution is 2.41. The SMILES string of the molecule is CCC1(O)c2cc3n(c(=O)c2COC1O)Cc1c-3nc2ccccc2c1CN1CCN(C)CC1. The van der Waals surface area contributed by atoms with Gasteiger partial charge >= 0.3 is 0 Å². The minimum atomic E-state index is -1.62. The topological polar surface area (TPSA) is 91.1 Å². The predicted octanol–water partition coefficient (Wildman–Crippen LogP) is 1.62. The number of hydrogen-bond acceptors (Lipinski definition) is 7. The molecule has 3 aromatic rings. The molecule has 8 nitrogen and oxygen atoms in total. The summed E-state index contributed by atoms with van der Waals surface area (Å²) in [4.78, 5) is 23.4. The van der Waals surface area contributed by atoms with E-state index in [1.165, 1.54) is 5.56 Å². The average molecular weight is 463 g/mol. The van der Waals surface area contributed by atoms with Gasteiger partial charge in [-0.1, -0.05) is 25.1 Å². The van der Waals surface area contributed by atoms with Crippen LogP contribution in [0.4, 0.5) is 0 Å². The number of rotatable bonds is 3. The van der Waals surface area contributed by atoms with Gasteiger partial charge in [0.05, 0.1) is 30.1 Å². The first kappa shape index (κ1) is 21.9. The Labute approximate surface area is 198 Å². The van der Waals surface area contributed by atoms with Crippen LogP contribution in [0.3, 0.4) is 0 Å².